The molecular formula is C22H24ClN3O2S. The second kappa shape index (κ2) is 8.40. The molecule has 29 heavy (non-hydrogen) atoms. The molecule has 2 unspecified atom stereocenters. The van der Waals surface area contributed by atoms with Crippen LogP contribution >= 0.6 is 23.4 Å². The molecule has 1 fully saturated rings. The molecule has 0 radical (unpaired) electrons. The third kappa shape index (κ3) is 5.14. The fourth-order valence-electron chi connectivity index (χ4n) is 3.47. The second-order valence-electron chi connectivity index (χ2n) is 7.47. The minimum atomic E-state index is -0.726. The summed E-state index contributed by atoms with van der Waals surface area (Å²) in [5.41, 5.74) is 7.76. The van der Waals surface area contributed by atoms with E-state index in [1.54, 1.807) is 24.3 Å². The zero-order valence-corrected chi connectivity index (χ0v) is 17.8. The summed E-state index contributed by atoms with van der Waals surface area (Å²) in [5, 5.41) is 0.739. The highest BCUT2D eigenvalue weighted by atomic mass is 35.5. The highest BCUT2D eigenvalue weighted by Crippen LogP contribution is 2.45. The molecule has 5 nitrogen and oxygen atoms in total. The van der Waals surface area contributed by atoms with E-state index in [-0.39, 0.29) is 0 Å². The lowest BCUT2D eigenvalue weighted by Crippen LogP contribution is -2.38. The number of hydrogen-bond donors (Lipinski definition) is 1. The van der Waals surface area contributed by atoms with Gasteiger partial charge in [0.1, 0.15) is 4.93 Å². The molecule has 0 spiro atoms. The maximum atomic E-state index is 6.62. The van der Waals surface area contributed by atoms with Crippen molar-refractivity contribution >= 4 is 29.1 Å². The van der Waals surface area contributed by atoms with E-state index < -0.39 is 10.7 Å². The summed E-state index contributed by atoms with van der Waals surface area (Å²) in [6, 6.07) is 15.8. The normalized spacial score (nSPS) is 24.1. The Bertz CT molecular complexity index is 934. The van der Waals surface area contributed by atoms with Gasteiger partial charge in [0.2, 0.25) is 0 Å². The van der Waals surface area contributed by atoms with Gasteiger partial charge in [0, 0.05) is 34.4 Å². The van der Waals surface area contributed by atoms with E-state index in [1.807, 2.05) is 59.3 Å². The molecule has 1 aliphatic rings. The van der Waals surface area contributed by atoms with Gasteiger partial charge >= 0.3 is 0 Å². The SMILES string of the molecule is CC1(Sc2ccc(N)cc2)COC(CCc2ccc(Cl)cc2)(Cn2ccnc2)O1. The number of thioether (sulfide) groups is 1. The van der Waals surface area contributed by atoms with Crippen LogP contribution < -0.4 is 5.73 Å². The Balaban J connectivity index is 1.51. The molecule has 4 rings (SSSR count). The van der Waals surface area contributed by atoms with Crippen molar-refractivity contribution < 1.29 is 9.47 Å². The van der Waals surface area contributed by atoms with Crippen LogP contribution in [0.4, 0.5) is 5.69 Å². The third-order valence-corrected chi connectivity index (χ3v) is 6.30. The van der Waals surface area contributed by atoms with Gasteiger partial charge in [0.05, 0.1) is 19.5 Å². The van der Waals surface area contributed by atoms with Crippen LogP contribution in [-0.4, -0.2) is 26.9 Å². The van der Waals surface area contributed by atoms with Crippen LogP contribution in [0.2, 0.25) is 5.02 Å². The number of aromatic nitrogens is 2. The van der Waals surface area contributed by atoms with Crippen LogP contribution in [0.3, 0.4) is 0 Å². The summed E-state index contributed by atoms with van der Waals surface area (Å²) in [7, 11) is 0. The Hall–Kier alpha value is -1.99. The Morgan fingerprint density at radius 1 is 1.17 bits per heavy atom. The second-order valence-corrected chi connectivity index (χ2v) is 9.44. The minimum absolute atomic E-state index is 0.489. The quantitative estimate of drug-likeness (QED) is 0.535. The Kier molecular flexibility index (Phi) is 5.88. The van der Waals surface area contributed by atoms with E-state index in [9.17, 15) is 0 Å². The number of rotatable bonds is 7. The molecular weight excluding hydrogens is 406 g/mol. The van der Waals surface area contributed by atoms with Gasteiger partial charge in [-0.3, -0.25) is 0 Å². The number of nitrogens with zero attached hydrogens (tertiary/aromatic N) is 2. The van der Waals surface area contributed by atoms with Gasteiger partial charge in [-0.1, -0.05) is 35.5 Å². The van der Waals surface area contributed by atoms with E-state index in [1.165, 1.54) is 5.56 Å². The number of nitrogens with two attached hydrogens (primary N) is 1. The minimum Gasteiger partial charge on any atom is -0.399 e. The van der Waals surface area contributed by atoms with Gasteiger partial charge in [-0.05, 0) is 55.3 Å². The summed E-state index contributed by atoms with van der Waals surface area (Å²) >= 11 is 7.67. The van der Waals surface area contributed by atoms with Crippen molar-refractivity contribution in [3.05, 3.63) is 77.8 Å². The van der Waals surface area contributed by atoms with E-state index in [4.69, 9.17) is 26.8 Å². The number of hydrogen-bond acceptors (Lipinski definition) is 5. The van der Waals surface area contributed by atoms with E-state index >= 15 is 0 Å². The van der Waals surface area contributed by atoms with Crippen LogP contribution in [0.15, 0.2) is 72.1 Å². The van der Waals surface area contributed by atoms with Gasteiger partial charge in [-0.15, -0.1) is 0 Å². The molecule has 3 aromatic rings. The van der Waals surface area contributed by atoms with Gasteiger partial charge < -0.3 is 19.8 Å². The lowest BCUT2D eigenvalue weighted by molar-refractivity contribution is -0.184. The number of halogens is 1. The Labute approximate surface area is 180 Å². The molecule has 1 aliphatic heterocycles. The Morgan fingerprint density at radius 2 is 1.93 bits per heavy atom. The van der Waals surface area contributed by atoms with Crippen molar-refractivity contribution in [2.24, 2.45) is 0 Å². The maximum absolute atomic E-state index is 6.62. The van der Waals surface area contributed by atoms with Crippen LogP contribution in [-0.2, 0) is 22.4 Å². The van der Waals surface area contributed by atoms with E-state index in [0.717, 1.165) is 28.4 Å². The average molecular weight is 430 g/mol. The number of imidazole rings is 1. The predicted molar refractivity (Wildman–Crippen MR) is 117 cm³/mol. The molecule has 2 N–H and O–H groups in total. The molecule has 0 bridgehead atoms. The van der Waals surface area contributed by atoms with Gasteiger partial charge in [0.15, 0.2) is 5.79 Å². The average Bonchev–Trinajstić information content (AvgIpc) is 3.32. The number of nitrogen functional groups attached to an aromatic ring is 1. The predicted octanol–water partition coefficient (Wildman–Crippen LogP) is 5.00. The zero-order valence-electron chi connectivity index (χ0n) is 16.3. The zero-order chi connectivity index (χ0) is 20.3. The maximum Gasteiger partial charge on any atom is 0.188 e. The molecule has 2 atom stereocenters. The molecule has 0 aliphatic carbocycles. The molecule has 152 valence electrons. The van der Waals surface area contributed by atoms with Crippen LogP contribution in [0, 0.1) is 0 Å². The third-order valence-electron chi connectivity index (χ3n) is 4.90. The van der Waals surface area contributed by atoms with Gasteiger partial charge in [-0.25, -0.2) is 4.98 Å². The van der Waals surface area contributed by atoms with Crippen molar-refractivity contribution in [3.63, 3.8) is 0 Å². The molecule has 2 aromatic carbocycles. The Morgan fingerprint density at radius 3 is 2.62 bits per heavy atom. The van der Waals surface area contributed by atoms with Crippen molar-refractivity contribution in [2.75, 3.05) is 12.3 Å². The molecule has 0 amide bonds. The fraction of sp³-hybridized carbons (Fsp3) is 0.318. The molecule has 1 saturated heterocycles. The standard InChI is InChI=1S/C22H24ClN3O2S/c1-21(29-20-8-6-19(24)7-9-20)15-27-22(28-21,14-26-13-12-25-16-26)11-10-17-2-4-18(23)5-3-17/h2-9,12-13,16H,10-11,14-15,24H2,1H3. The lowest BCUT2D eigenvalue weighted by atomic mass is 10.0. The van der Waals surface area contributed by atoms with Crippen molar-refractivity contribution in [1.29, 1.82) is 0 Å². The monoisotopic (exact) mass is 429 g/mol. The lowest BCUT2D eigenvalue weighted by Gasteiger charge is -2.31. The topological polar surface area (TPSA) is 62.3 Å². The molecule has 7 heteroatoms. The summed E-state index contributed by atoms with van der Waals surface area (Å²) in [6.45, 7) is 3.15. The highest BCUT2D eigenvalue weighted by molar-refractivity contribution is 8.00. The highest BCUT2D eigenvalue weighted by Gasteiger charge is 2.48. The largest absolute Gasteiger partial charge is 0.399 e. The summed E-state index contributed by atoms with van der Waals surface area (Å²) in [5.74, 6) is -0.726. The number of ether oxygens (including phenoxy) is 2. The molecule has 0 saturated carbocycles. The summed E-state index contributed by atoms with van der Waals surface area (Å²) < 4.78 is 15.0. The van der Waals surface area contributed by atoms with Crippen LogP contribution in [0.5, 0.6) is 0 Å². The number of anilines is 1. The number of benzene rings is 2. The van der Waals surface area contributed by atoms with Crippen molar-refractivity contribution in [3.8, 4) is 0 Å². The van der Waals surface area contributed by atoms with E-state index in [2.05, 4.69) is 11.9 Å². The van der Waals surface area contributed by atoms with Crippen molar-refractivity contribution in [2.45, 2.75) is 41.9 Å². The smallest absolute Gasteiger partial charge is 0.188 e. The summed E-state index contributed by atoms with van der Waals surface area (Å²) in [4.78, 5) is 4.76. The summed E-state index contributed by atoms with van der Waals surface area (Å²) in [6.07, 6.45) is 7.04. The van der Waals surface area contributed by atoms with Crippen LogP contribution in [0.1, 0.15) is 18.9 Å². The first kappa shape index (κ1) is 20.3. The van der Waals surface area contributed by atoms with Crippen LogP contribution in [0.25, 0.3) is 0 Å². The first-order valence-electron chi connectivity index (χ1n) is 9.53. The fourth-order valence-corrected chi connectivity index (χ4v) is 4.68. The molecule has 1 aromatic heterocycles. The van der Waals surface area contributed by atoms with E-state index in [0.29, 0.717) is 13.2 Å². The van der Waals surface area contributed by atoms with Gasteiger partial charge in [-0.2, -0.15) is 0 Å². The molecule has 2 heterocycles. The van der Waals surface area contributed by atoms with Crippen molar-refractivity contribution in [1.82, 2.24) is 9.55 Å². The van der Waals surface area contributed by atoms with Gasteiger partial charge in [0.25, 0.3) is 0 Å². The first-order valence-corrected chi connectivity index (χ1v) is 10.7. The first-order chi connectivity index (χ1) is 13.9. The number of aryl methyl sites for hydroxylation is 1.